The minimum absolute atomic E-state index is 0.223. The Morgan fingerprint density at radius 3 is 2.52 bits per heavy atom. The third-order valence-electron chi connectivity index (χ3n) is 5.87. The summed E-state index contributed by atoms with van der Waals surface area (Å²) < 4.78 is 12.1. The van der Waals surface area contributed by atoms with Crippen LogP contribution < -0.4 is 19.7 Å². The first-order valence-corrected chi connectivity index (χ1v) is 12.0. The van der Waals surface area contributed by atoms with Crippen molar-refractivity contribution in [1.29, 1.82) is 0 Å². The van der Waals surface area contributed by atoms with Crippen molar-refractivity contribution in [1.82, 2.24) is 10.3 Å². The fraction of sp³-hybridized carbons (Fsp3) is 0.400. The molecule has 162 valence electrons. The maximum absolute atomic E-state index is 6.25. The molecule has 1 unspecified atom stereocenters. The number of aromatic nitrogens is 1. The average Bonchev–Trinajstić information content (AvgIpc) is 3.27. The lowest BCUT2D eigenvalue weighted by atomic mass is 10.2. The standard InChI is InChI=1S/C25H29N3O2S/c1-2-20(1)17-29-22-9-5-21(6-10-22)28-12-11-24(16-28)30-23-7-3-19(4-8-23)13-26-14-25-15-27-18-31-25/h3-10,15,18,20,24,26H,1-2,11-14,16-17H2. The normalized spacial score (nSPS) is 18.3. The van der Waals surface area contributed by atoms with Gasteiger partial charge < -0.3 is 19.7 Å². The highest BCUT2D eigenvalue weighted by molar-refractivity contribution is 7.09. The maximum Gasteiger partial charge on any atom is 0.119 e. The molecular weight excluding hydrogens is 406 g/mol. The van der Waals surface area contributed by atoms with Crippen LogP contribution in [0.1, 0.15) is 29.7 Å². The molecule has 0 spiro atoms. The Bertz CT molecular complexity index is 940. The second-order valence-corrected chi connectivity index (χ2v) is 9.41. The van der Waals surface area contributed by atoms with Gasteiger partial charge in [0.2, 0.25) is 0 Å². The number of rotatable bonds is 10. The molecule has 0 bridgehead atoms. The number of nitrogens with one attached hydrogen (secondary N) is 1. The summed E-state index contributed by atoms with van der Waals surface area (Å²) in [4.78, 5) is 7.76. The van der Waals surface area contributed by atoms with Crippen molar-refractivity contribution < 1.29 is 9.47 Å². The van der Waals surface area contributed by atoms with Crippen LogP contribution in [-0.2, 0) is 13.1 Å². The van der Waals surface area contributed by atoms with E-state index in [1.165, 1.54) is 29.0 Å². The van der Waals surface area contributed by atoms with Crippen LogP contribution in [0.5, 0.6) is 11.5 Å². The van der Waals surface area contributed by atoms with Gasteiger partial charge in [-0.1, -0.05) is 12.1 Å². The van der Waals surface area contributed by atoms with E-state index in [0.717, 1.165) is 56.6 Å². The smallest absolute Gasteiger partial charge is 0.119 e. The third kappa shape index (κ3) is 5.77. The highest BCUT2D eigenvalue weighted by Gasteiger charge is 2.25. The summed E-state index contributed by atoms with van der Waals surface area (Å²) in [5, 5.41) is 3.45. The summed E-state index contributed by atoms with van der Waals surface area (Å²) in [5.41, 5.74) is 4.37. The molecule has 2 aliphatic rings. The molecule has 2 heterocycles. The number of nitrogens with zero attached hydrogens (tertiary/aromatic N) is 2. The van der Waals surface area contributed by atoms with Crippen molar-refractivity contribution in [2.24, 2.45) is 5.92 Å². The van der Waals surface area contributed by atoms with E-state index >= 15 is 0 Å². The van der Waals surface area contributed by atoms with Crippen molar-refractivity contribution in [2.75, 3.05) is 24.6 Å². The van der Waals surface area contributed by atoms with Gasteiger partial charge in [-0.2, -0.15) is 0 Å². The van der Waals surface area contributed by atoms with E-state index in [1.54, 1.807) is 11.3 Å². The first kappa shape index (κ1) is 20.3. The van der Waals surface area contributed by atoms with Crippen LogP contribution in [0.3, 0.4) is 0 Å². The Morgan fingerprint density at radius 2 is 1.77 bits per heavy atom. The maximum atomic E-state index is 6.25. The molecule has 2 aromatic carbocycles. The van der Waals surface area contributed by atoms with Crippen LogP contribution in [-0.4, -0.2) is 30.8 Å². The van der Waals surface area contributed by atoms with Gasteiger partial charge in [-0.3, -0.25) is 4.98 Å². The zero-order valence-corrected chi connectivity index (χ0v) is 18.5. The van der Waals surface area contributed by atoms with Gasteiger partial charge >= 0.3 is 0 Å². The fourth-order valence-corrected chi connectivity index (χ4v) is 4.41. The van der Waals surface area contributed by atoms with Crippen LogP contribution in [0.25, 0.3) is 0 Å². The molecule has 1 aliphatic heterocycles. The van der Waals surface area contributed by atoms with Gasteiger partial charge in [0.25, 0.3) is 0 Å². The largest absolute Gasteiger partial charge is 0.493 e. The molecule has 2 fully saturated rings. The van der Waals surface area contributed by atoms with E-state index in [-0.39, 0.29) is 6.10 Å². The number of ether oxygens (including phenoxy) is 2. The first-order chi connectivity index (χ1) is 15.3. The summed E-state index contributed by atoms with van der Waals surface area (Å²) in [6, 6.07) is 17.0. The number of hydrogen-bond donors (Lipinski definition) is 1. The van der Waals surface area contributed by atoms with E-state index in [2.05, 4.69) is 63.7 Å². The van der Waals surface area contributed by atoms with E-state index in [4.69, 9.17) is 9.47 Å². The Balaban J connectivity index is 1.07. The van der Waals surface area contributed by atoms with Crippen molar-refractivity contribution in [3.63, 3.8) is 0 Å². The molecule has 6 heteroatoms. The molecule has 5 rings (SSSR count). The lowest BCUT2D eigenvalue weighted by Gasteiger charge is -2.19. The van der Waals surface area contributed by atoms with Gasteiger partial charge in [-0.05, 0) is 60.7 Å². The molecule has 1 N–H and O–H groups in total. The first-order valence-electron chi connectivity index (χ1n) is 11.1. The SMILES string of the molecule is c1ncc(CNCc2ccc(OC3CCN(c4ccc(OCC5CC5)cc4)C3)cc2)s1. The molecule has 0 radical (unpaired) electrons. The van der Waals surface area contributed by atoms with E-state index in [0.29, 0.717) is 0 Å². The molecule has 31 heavy (non-hydrogen) atoms. The van der Waals surface area contributed by atoms with Crippen LogP contribution in [0, 0.1) is 5.92 Å². The quantitative estimate of drug-likeness (QED) is 0.492. The minimum Gasteiger partial charge on any atom is -0.493 e. The van der Waals surface area contributed by atoms with Gasteiger partial charge in [-0.25, -0.2) is 0 Å². The zero-order chi connectivity index (χ0) is 20.9. The second kappa shape index (κ2) is 9.71. The molecule has 1 aromatic heterocycles. The predicted molar refractivity (Wildman–Crippen MR) is 125 cm³/mol. The summed E-state index contributed by atoms with van der Waals surface area (Å²) in [6.07, 6.45) is 5.82. The Kier molecular flexibility index (Phi) is 6.37. The van der Waals surface area contributed by atoms with Crippen LogP contribution in [0.4, 0.5) is 5.69 Å². The number of thiazole rings is 1. The summed E-state index contributed by atoms with van der Waals surface area (Å²) in [6.45, 7) is 4.50. The van der Waals surface area contributed by atoms with Gasteiger partial charge in [0.1, 0.15) is 17.6 Å². The predicted octanol–water partition coefficient (Wildman–Crippen LogP) is 4.88. The van der Waals surface area contributed by atoms with Gasteiger partial charge in [0.15, 0.2) is 0 Å². The highest BCUT2D eigenvalue weighted by atomic mass is 32.1. The van der Waals surface area contributed by atoms with Crippen molar-refractivity contribution in [2.45, 2.75) is 38.5 Å². The van der Waals surface area contributed by atoms with Crippen LogP contribution >= 0.6 is 11.3 Å². The molecule has 5 nitrogen and oxygen atoms in total. The minimum atomic E-state index is 0.223. The fourth-order valence-electron chi connectivity index (χ4n) is 3.85. The Hall–Kier alpha value is -2.57. The summed E-state index contributed by atoms with van der Waals surface area (Å²) >= 11 is 1.68. The van der Waals surface area contributed by atoms with E-state index in [9.17, 15) is 0 Å². The topological polar surface area (TPSA) is 46.6 Å². The monoisotopic (exact) mass is 435 g/mol. The number of benzene rings is 2. The summed E-state index contributed by atoms with van der Waals surface area (Å²) in [7, 11) is 0. The van der Waals surface area contributed by atoms with Crippen LogP contribution in [0.15, 0.2) is 60.2 Å². The Morgan fingerprint density at radius 1 is 0.968 bits per heavy atom. The van der Waals surface area contributed by atoms with Gasteiger partial charge in [0.05, 0.1) is 18.7 Å². The van der Waals surface area contributed by atoms with Gasteiger partial charge in [0, 0.05) is 42.8 Å². The number of hydrogen-bond acceptors (Lipinski definition) is 6. The van der Waals surface area contributed by atoms with E-state index < -0.39 is 0 Å². The zero-order valence-electron chi connectivity index (χ0n) is 17.7. The number of anilines is 1. The third-order valence-corrected chi connectivity index (χ3v) is 6.65. The second-order valence-electron chi connectivity index (χ2n) is 8.44. The lowest BCUT2D eigenvalue weighted by molar-refractivity contribution is 0.225. The molecule has 1 aliphatic carbocycles. The molecule has 1 atom stereocenters. The van der Waals surface area contributed by atoms with Gasteiger partial charge in [-0.15, -0.1) is 11.3 Å². The van der Waals surface area contributed by atoms with Crippen molar-refractivity contribution in [3.05, 3.63) is 70.7 Å². The van der Waals surface area contributed by atoms with Crippen molar-refractivity contribution >= 4 is 17.0 Å². The van der Waals surface area contributed by atoms with Crippen LogP contribution in [0.2, 0.25) is 0 Å². The van der Waals surface area contributed by atoms with Crippen molar-refractivity contribution in [3.8, 4) is 11.5 Å². The summed E-state index contributed by atoms with van der Waals surface area (Å²) in [5.74, 6) is 2.71. The highest BCUT2D eigenvalue weighted by Crippen LogP contribution is 2.30. The average molecular weight is 436 g/mol. The Labute approximate surface area is 188 Å². The molecule has 0 amide bonds. The lowest BCUT2D eigenvalue weighted by Crippen LogP contribution is -2.24. The van der Waals surface area contributed by atoms with E-state index in [1.807, 2.05) is 11.7 Å². The molecule has 1 saturated carbocycles. The molecular formula is C25H29N3O2S. The molecule has 1 saturated heterocycles. The molecule has 3 aromatic rings.